The number of aromatic hydroxyl groups is 1. The quantitative estimate of drug-likeness (QED) is 0.761. The lowest BCUT2D eigenvalue weighted by molar-refractivity contribution is 0.336. The number of aliphatic imine (C=N–C) groups is 1. The smallest absolute Gasteiger partial charge is 0.310 e. The van der Waals surface area contributed by atoms with Crippen LogP contribution in [0, 0.1) is 5.82 Å². The minimum absolute atomic E-state index is 0.234. The third-order valence-corrected chi connectivity index (χ3v) is 3.58. The van der Waals surface area contributed by atoms with Crippen LogP contribution in [0.4, 0.5) is 10.1 Å². The maximum atomic E-state index is 13.0. The third-order valence-electron chi connectivity index (χ3n) is 3.58. The Balaban J connectivity index is 1.73. The number of hydrogen-bond acceptors (Lipinski definition) is 4. The van der Waals surface area contributed by atoms with E-state index in [-0.39, 0.29) is 17.7 Å². The van der Waals surface area contributed by atoms with Crippen molar-refractivity contribution >= 4 is 23.6 Å². The van der Waals surface area contributed by atoms with E-state index in [0.29, 0.717) is 11.3 Å². The number of oxazole rings is 1. The molecule has 0 radical (unpaired) electrons. The topological polar surface area (TPSA) is 58.6 Å². The molecular formula is C18H11FN2O2. The molecule has 0 atom stereocenters. The second-order valence-electron chi connectivity index (χ2n) is 5.09. The minimum atomic E-state index is -0.342. The molecule has 0 aliphatic carbocycles. The average molecular weight is 306 g/mol. The van der Waals surface area contributed by atoms with Crippen molar-refractivity contribution in [3.8, 4) is 17.4 Å². The van der Waals surface area contributed by atoms with Crippen LogP contribution in [0.15, 0.2) is 57.9 Å². The number of aromatic nitrogens is 1. The first-order chi connectivity index (χ1) is 11.2. The zero-order chi connectivity index (χ0) is 15.8. The molecule has 1 N–H and O–H groups in total. The molecular weight excluding hydrogens is 295 g/mol. The van der Waals surface area contributed by atoms with Gasteiger partial charge in [0.05, 0.1) is 5.69 Å². The molecule has 1 aliphatic heterocycles. The van der Waals surface area contributed by atoms with Gasteiger partial charge in [0.1, 0.15) is 11.5 Å². The van der Waals surface area contributed by atoms with Crippen LogP contribution in [-0.4, -0.2) is 16.3 Å². The van der Waals surface area contributed by atoms with Crippen LogP contribution >= 0.6 is 0 Å². The van der Waals surface area contributed by atoms with Gasteiger partial charge in [-0.15, -0.1) is 0 Å². The van der Waals surface area contributed by atoms with Crippen LogP contribution in [0.2, 0.25) is 0 Å². The molecule has 1 aromatic heterocycles. The Morgan fingerprint density at radius 3 is 2.65 bits per heavy atom. The number of halogens is 1. The molecule has 5 heteroatoms. The SMILES string of the molecule is Oc1oc(-c2ccc(F)cc2)nc1/C=C1\C=Nc2ccccc21. The van der Waals surface area contributed by atoms with Crippen LogP contribution in [0.1, 0.15) is 11.3 Å². The molecule has 112 valence electrons. The lowest BCUT2D eigenvalue weighted by Gasteiger charge is -1.97. The largest absolute Gasteiger partial charge is 0.479 e. The van der Waals surface area contributed by atoms with Gasteiger partial charge in [-0.25, -0.2) is 9.37 Å². The highest BCUT2D eigenvalue weighted by molar-refractivity contribution is 6.21. The molecule has 2 heterocycles. The van der Waals surface area contributed by atoms with Gasteiger partial charge in [-0.3, -0.25) is 4.99 Å². The van der Waals surface area contributed by atoms with Crippen molar-refractivity contribution in [1.82, 2.24) is 4.98 Å². The van der Waals surface area contributed by atoms with E-state index in [0.717, 1.165) is 16.8 Å². The van der Waals surface area contributed by atoms with E-state index in [1.165, 1.54) is 12.1 Å². The predicted molar refractivity (Wildman–Crippen MR) is 86.0 cm³/mol. The normalized spacial score (nSPS) is 14.4. The van der Waals surface area contributed by atoms with Crippen molar-refractivity contribution in [1.29, 1.82) is 0 Å². The number of benzene rings is 2. The van der Waals surface area contributed by atoms with Crippen molar-refractivity contribution < 1.29 is 13.9 Å². The Bertz CT molecular complexity index is 940. The lowest BCUT2D eigenvalue weighted by Crippen LogP contribution is -1.82. The molecule has 0 unspecified atom stereocenters. The second-order valence-corrected chi connectivity index (χ2v) is 5.09. The van der Waals surface area contributed by atoms with Gasteiger partial charge >= 0.3 is 5.95 Å². The van der Waals surface area contributed by atoms with Crippen molar-refractivity contribution in [3.05, 3.63) is 65.6 Å². The Kier molecular flexibility index (Phi) is 3.05. The average Bonchev–Trinajstić information content (AvgIpc) is 3.13. The van der Waals surface area contributed by atoms with Crippen LogP contribution in [0.3, 0.4) is 0 Å². The summed E-state index contributed by atoms with van der Waals surface area (Å²) in [7, 11) is 0. The minimum Gasteiger partial charge on any atom is -0.479 e. The summed E-state index contributed by atoms with van der Waals surface area (Å²) in [6, 6.07) is 13.4. The third kappa shape index (κ3) is 2.42. The maximum Gasteiger partial charge on any atom is 0.310 e. The van der Waals surface area contributed by atoms with Gasteiger partial charge in [0.15, 0.2) is 0 Å². The number of hydrogen-bond donors (Lipinski definition) is 1. The van der Waals surface area contributed by atoms with Crippen LogP contribution in [0.25, 0.3) is 23.1 Å². The predicted octanol–water partition coefficient (Wildman–Crippen LogP) is 4.44. The maximum absolute atomic E-state index is 13.0. The van der Waals surface area contributed by atoms with Crippen molar-refractivity contribution in [3.63, 3.8) is 0 Å². The number of rotatable bonds is 2. The highest BCUT2D eigenvalue weighted by Gasteiger charge is 2.16. The summed E-state index contributed by atoms with van der Waals surface area (Å²) in [5.74, 6) is -0.391. The van der Waals surface area contributed by atoms with Crippen molar-refractivity contribution in [2.75, 3.05) is 0 Å². The molecule has 0 fully saturated rings. The molecule has 0 amide bonds. The number of nitrogens with zero attached hydrogens (tertiary/aromatic N) is 2. The Hall–Kier alpha value is -3.21. The van der Waals surface area contributed by atoms with E-state index < -0.39 is 0 Å². The van der Waals surface area contributed by atoms with E-state index in [9.17, 15) is 9.50 Å². The molecule has 1 aliphatic rings. The van der Waals surface area contributed by atoms with Gasteiger partial charge < -0.3 is 9.52 Å². The molecule has 0 spiro atoms. The van der Waals surface area contributed by atoms with Crippen molar-refractivity contribution in [2.24, 2.45) is 4.99 Å². The van der Waals surface area contributed by atoms with Gasteiger partial charge in [0.25, 0.3) is 0 Å². The fraction of sp³-hybridized carbons (Fsp3) is 0. The van der Waals surface area contributed by atoms with Crippen molar-refractivity contribution in [2.45, 2.75) is 0 Å². The first-order valence-corrected chi connectivity index (χ1v) is 7.01. The van der Waals surface area contributed by atoms with E-state index >= 15 is 0 Å². The highest BCUT2D eigenvalue weighted by atomic mass is 19.1. The summed E-state index contributed by atoms with van der Waals surface area (Å²) >= 11 is 0. The molecule has 0 saturated heterocycles. The number of para-hydroxylation sites is 1. The molecule has 4 nitrogen and oxygen atoms in total. The second kappa shape index (κ2) is 5.21. The summed E-state index contributed by atoms with van der Waals surface area (Å²) in [4.78, 5) is 8.58. The first-order valence-electron chi connectivity index (χ1n) is 7.01. The monoisotopic (exact) mass is 306 g/mol. The molecule has 0 bridgehead atoms. The molecule has 3 aromatic rings. The Labute approximate surface area is 131 Å². The molecule has 0 saturated carbocycles. The van der Waals surface area contributed by atoms with Gasteiger partial charge in [-0.05, 0) is 36.4 Å². The standard InChI is InChI=1S/C18H11FN2O2/c19-13-7-5-11(6-8-13)17-21-16(18(22)23-17)9-12-10-20-15-4-2-1-3-14(12)15/h1-10,22H/b12-9+. The lowest BCUT2D eigenvalue weighted by atomic mass is 10.1. The summed E-state index contributed by atoms with van der Waals surface area (Å²) in [6.07, 6.45) is 3.43. The van der Waals surface area contributed by atoms with Crippen LogP contribution in [-0.2, 0) is 0 Å². The van der Waals surface area contributed by atoms with Gasteiger partial charge in [-0.1, -0.05) is 18.2 Å². The van der Waals surface area contributed by atoms with E-state index in [1.807, 2.05) is 24.3 Å². The summed E-state index contributed by atoms with van der Waals surface area (Å²) in [5, 5.41) is 9.96. The van der Waals surface area contributed by atoms with Gasteiger partial charge in [0, 0.05) is 22.9 Å². The fourth-order valence-corrected chi connectivity index (χ4v) is 2.44. The zero-order valence-corrected chi connectivity index (χ0v) is 11.9. The molecule has 4 rings (SSSR count). The summed E-state index contributed by atoms with van der Waals surface area (Å²) in [6.45, 7) is 0. The summed E-state index contributed by atoms with van der Waals surface area (Å²) in [5.41, 5.74) is 3.59. The zero-order valence-electron chi connectivity index (χ0n) is 11.9. The number of allylic oxidation sites excluding steroid dienone is 1. The van der Waals surface area contributed by atoms with E-state index in [1.54, 1.807) is 24.4 Å². The van der Waals surface area contributed by atoms with Crippen LogP contribution < -0.4 is 0 Å². The highest BCUT2D eigenvalue weighted by Crippen LogP contribution is 2.34. The van der Waals surface area contributed by atoms with Gasteiger partial charge in [-0.2, -0.15) is 0 Å². The first kappa shape index (κ1) is 13.5. The molecule has 23 heavy (non-hydrogen) atoms. The Morgan fingerprint density at radius 1 is 1.04 bits per heavy atom. The van der Waals surface area contributed by atoms with E-state index in [4.69, 9.17) is 4.42 Å². The van der Waals surface area contributed by atoms with Crippen LogP contribution in [0.5, 0.6) is 5.95 Å². The van der Waals surface area contributed by atoms with Gasteiger partial charge in [0.2, 0.25) is 5.89 Å². The molecule has 2 aromatic carbocycles. The number of fused-ring (bicyclic) bond motifs is 1. The Morgan fingerprint density at radius 2 is 1.83 bits per heavy atom. The fourth-order valence-electron chi connectivity index (χ4n) is 2.44. The summed E-state index contributed by atoms with van der Waals surface area (Å²) < 4.78 is 18.2. The van der Waals surface area contributed by atoms with E-state index in [2.05, 4.69) is 9.98 Å².